The number of benzene rings is 1. The molecule has 1 saturated carbocycles. The SMILES string of the molecule is O=C1CCC([C@@H]2C(=O)C3(CC3)c3cc(N4CCC(CC5CCNCC5)CC4)ccc32)C(=O)N1. The molecule has 6 rings (SSSR count). The Balaban J connectivity index is 1.18. The highest BCUT2D eigenvalue weighted by Crippen LogP contribution is 2.60. The van der Waals surface area contributed by atoms with Crippen LogP contribution in [-0.4, -0.2) is 43.8 Å². The summed E-state index contributed by atoms with van der Waals surface area (Å²) in [7, 11) is 0. The molecule has 0 aromatic heterocycles. The zero-order valence-corrected chi connectivity index (χ0v) is 19.4. The molecule has 5 aliphatic rings. The smallest absolute Gasteiger partial charge is 0.230 e. The van der Waals surface area contributed by atoms with E-state index < -0.39 is 5.92 Å². The number of fused-ring (bicyclic) bond motifs is 2. The molecule has 6 nitrogen and oxygen atoms in total. The maximum atomic E-state index is 13.5. The molecule has 3 aliphatic heterocycles. The normalized spacial score (nSPS) is 29.9. The lowest BCUT2D eigenvalue weighted by Crippen LogP contribution is -2.44. The Morgan fingerprint density at radius 2 is 1.67 bits per heavy atom. The summed E-state index contributed by atoms with van der Waals surface area (Å²) in [6.07, 6.45) is 9.13. The Morgan fingerprint density at radius 1 is 0.939 bits per heavy atom. The van der Waals surface area contributed by atoms with Crippen molar-refractivity contribution >= 4 is 23.3 Å². The van der Waals surface area contributed by atoms with Gasteiger partial charge in [0, 0.05) is 25.2 Å². The van der Waals surface area contributed by atoms with E-state index in [9.17, 15) is 14.4 Å². The first-order valence-corrected chi connectivity index (χ1v) is 13.0. The Morgan fingerprint density at radius 3 is 2.36 bits per heavy atom. The predicted molar refractivity (Wildman–Crippen MR) is 126 cm³/mol. The van der Waals surface area contributed by atoms with E-state index in [1.807, 2.05) is 0 Å². The average molecular weight is 450 g/mol. The van der Waals surface area contributed by atoms with Crippen molar-refractivity contribution < 1.29 is 14.4 Å². The third kappa shape index (κ3) is 3.71. The van der Waals surface area contributed by atoms with Gasteiger partial charge in [0.15, 0.2) is 5.78 Å². The quantitative estimate of drug-likeness (QED) is 0.691. The minimum atomic E-state index is -0.412. The van der Waals surface area contributed by atoms with Crippen molar-refractivity contribution in [2.24, 2.45) is 17.8 Å². The second-order valence-electron chi connectivity index (χ2n) is 11.1. The van der Waals surface area contributed by atoms with Crippen molar-refractivity contribution in [1.82, 2.24) is 10.6 Å². The van der Waals surface area contributed by atoms with Gasteiger partial charge in [0.25, 0.3) is 0 Å². The summed E-state index contributed by atoms with van der Waals surface area (Å²) in [6.45, 7) is 4.54. The van der Waals surface area contributed by atoms with Crippen LogP contribution in [0.2, 0.25) is 0 Å². The third-order valence-corrected chi connectivity index (χ3v) is 9.18. The Kier molecular flexibility index (Phi) is 5.32. The molecule has 1 unspecified atom stereocenters. The first-order chi connectivity index (χ1) is 16.0. The number of anilines is 1. The molecule has 3 saturated heterocycles. The number of hydrogen-bond donors (Lipinski definition) is 2. The molecule has 0 radical (unpaired) electrons. The van der Waals surface area contributed by atoms with E-state index in [4.69, 9.17) is 0 Å². The molecular formula is C27H35N3O3. The summed E-state index contributed by atoms with van der Waals surface area (Å²) in [4.78, 5) is 40.2. The van der Waals surface area contributed by atoms with E-state index in [-0.39, 0.29) is 28.9 Å². The van der Waals surface area contributed by atoms with Gasteiger partial charge >= 0.3 is 0 Å². The lowest BCUT2D eigenvalue weighted by atomic mass is 9.80. The zero-order chi connectivity index (χ0) is 22.6. The van der Waals surface area contributed by atoms with Crippen LogP contribution < -0.4 is 15.5 Å². The molecule has 2 aliphatic carbocycles. The van der Waals surface area contributed by atoms with Gasteiger partial charge in [-0.2, -0.15) is 0 Å². The van der Waals surface area contributed by atoms with E-state index in [1.54, 1.807) is 0 Å². The molecule has 3 heterocycles. The summed E-state index contributed by atoms with van der Waals surface area (Å²) in [5.74, 6) is 0.658. The molecule has 6 heteroatoms. The van der Waals surface area contributed by atoms with E-state index >= 15 is 0 Å². The van der Waals surface area contributed by atoms with E-state index in [0.717, 1.165) is 48.9 Å². The first-order valence-electron chi connectivity index (χ1n) is 13.0. The number of carbonyl (C=O) groups is 3. The number of piperidine rings is 3. The highest BCUT2D eigenvalue weighted by molar-refractivity contribution is 6.08. The summed E-state index contributed by atoms with van der Waals surface area (Å²) in [5.41, 5.74) is 3.07. The van der Waals surface area contributed by atoms with Gasteiger partial charge in [-0.15, -0.1) is 0 Å². The van der Waals surface area contributed by atoms with Crippen molar-refractivity contribution in [1.29, 1.82) is 0 Å². The first kappa shape index (κ1) is 21.3. The maximum Gasteiger partial charge on any atom is 0.230 e. The van der Waals surface area contributed by atoms with E-state index in [2.05, 4.69) is 33.7 Å². The van der Waals surface area contributed by atoms with Crippen LogP contribution in [0.5, 0.6) is 0 Å². The predicted octanol–water partition coefficient (Wildman–Crippen LogP) is 3.04. The standard InChI is InChI=1S/C27H35N3O3/c31-23-4-3-21(26(33)29-23)24-20-2-1-19(16-22(20)27(9-10-27)25(24)32)30-13-7-18(8-14-30)15-17-5-11-28-12-6-17/h1-2,16-18,21,24,28H,3-15H2,(H,29,31,33)/t21?,24-/m1/s1. The van der Waals surface area contributed by atoms with Crippen molar-refractivity contribution in [3.63, 3.8) is 0 Å². The van der Waals surface area contributed by atoms with Gasteiger partial charge in [0.2, 0.25) is 11.8 Å². The molecule has 33 heavy (non-hydrogen) atoms. The van der Waals surface area contributed by atoms with Gasteiger partial charge < -0.3 is 10.2 Å². The number of nitrogens with one attached hydrogen (secondary N) is 2. The second kappa shape index (κ2) is 8.23. The molecule has 2 N–H and O–H groups in total. The van der Waals surface area contributed by atoms with Crippen LogP contribution in [0.3, 0.4) is 0 Å². The molecular weight excluding hydrogens is 414 g/mol. The maximum absolute atomic E-state index is 13.5. The Labute approximate surface area is 195 Å². The topological polar surface area (TPSA) is 78.5 Å². The van der Waals surface area contributed by atoms with Crippen molar-refractivity contribution in [3.8, 4) is 0 Å². The van der Waals surface area contributed by atoms with Gasteiger partial charge in [0.1, 0.15) is 0 Å². The monoisotopic (exact) mass is 449 g/mol. The number of ketones is 1. The number of amides is 2. The molecule has 4 fully saturated rings. The van der Waals surface area contributed by atoms with Crippen molar-refractivity contribution in [3.05, 3.63) is 29.3 Å². The second-order valence-corrected chi connectivity index (χ2v) is 11.1. The molecule has 1 aromatic carbocycles. The van der Waals surface area contributed by atoms with Crippen LogP contribution in [0.1, 0.15) is 74.8 Å². The number of nitrogens with zero attached hydrogens (tertiary/aromatic N) is 1. The summed E-state index contributed by atoms with van der Waals surface area (Å²) >= 11 is 0. The van der Waals surface area contributed by atoms with Crippen LogP contribution in [0.15, 0.2) is 18.2 Å². The zero-order valence-electron chi connectivity index (χ0n) is 19.4. The lowest BCUT2D eigenvalue weighted by molar-refractivity contribution is -0.139. The minimum Gasteiger partial charge on any atom is -0.372 e. The van der Waals surface area contributed by atoms with Gasteiger partial charge in [0.05, 0.1) is 17.3 Å². The molecule has 0 bridgehead atoms. The summed E-state index contributed by atoms with van der Waals surface area (Å²) < 4.78 is 0. The molecule has 2 amide bonds. The fourth-order valence-electron chi connectivity index (χ4n) is 7.08. The largest absolute Gasteiger partial charge is 0.372 e. The number of carbonyl (C=O) groups excluding carboxylic acids is 3. The number of Topliss-reactive ketones (excluding diaryl/α,β-unsaturated/α-hetero) is 1. The third-order valence-electron chi connectivity index (χ3n) is 9.18. The highest BCUT2D eigenvalue weighted by atomic mass is 16.2. The molecule has 2 atom stereocenters. The number of rotatable bonds is 4. The fourth-order valence-corrected chi connectivity index (χ4v) is 7.08. The van der Waals surface area contributed by atoms with Crippen LogP contribution >= 0.6 is 0 Å². The summed E-state index contributed by atoms with van der Waals surface area (Å²) in [5, 5.41) is 5.93. The van der Waals surface area contributed by atoms with Gasteiger partial charge in [-0.1, -0.05) is 6.07 Å². The van der Waals surface area contributed by atoms with Crippen LogP contribution in [-0.2, 0) is 19.8 Å². The summed E-state index contributed by atoms with van der Waals surface area (Å²) in [6, 6.07) is 6.55. The van der Waals surface area contributed by atoms with Crippen LogP contribution in [0.25, 0.3) is 0 Å². The molecule has 1 aromatic rings. The number of imide groups is 1. The minimum absolute atomic E-state index is 0.213. The van der Waals surface area contributed by atoms with E-state index in [0.29, 0.717) is 12.8 Å². The fraction of sp³-hybridized carbons (Fsp3) is 0.667. The Hall–Kier alpha value is -2.21. The van der Waals surface area contributed by atoms with Gasteiger partial charge in [-0.05, 0) is 99.6 Å². The van der Waals surface area contributed by atoms with Gasteiger partial charge in [-0.3, -0.25) is 19.7 Å². The number of hydrogen-bond acceptors (Lipinski definition) is 5. The Bertz CT molecular complexity index is 971. The van der Waals surface area contributed by atoms with Crippen LogP contribution in [0.4, 0.5) is 5.69 Å². The average Bonchev–Trinajstić information content (AvgIpc) is 3.60. The molecule has 176 valence electrons. The lowest BCUT2D eigenvalue weighted by Gasteiger charge is -2.36. The van der Waals surface area contributed by atoms with Crippen LogP contribution in [0, 0.1) is 17.8 Å². The van der Waals surface area contributed by atoms with Crippen molar-refractivity contribution in [2.75, 3.05) is 31.1 Å². The highest BCUT2D eigenvalue weighted by Gasteiger charge is 2.61. The van der Waals surface area contributed by atoms with E-state index in [1.165, 1.54) is 50.9 Å². The van der Waals surface area contributed by atoms with Gasteiger partial charge in [-0.25, -0.2) is 0 Å². The van der Waals surface area contributed by atoms with Crippen molar-refractivity contribution in [2.45, 2.75) is 69.1 Å². The molecule has 1 spiro atoms.